The highest BCUT2D eigenvalue weighted by Gasteiger charge is 2.34. The molecular weight excluding hydrogens is 585 g/mol. The minimum absolute atomic E-state index is 0.0140. The summed E-state index contributed by atoms with van der Waals surface area (Å²) in [7, 11) is -2.78. The molecule has 1 atom stereocenters. The Balaban J connectivity index is 1.57. The maximum atomic E-state index is 14.3. The molecule has 1 heterocycles. The van der Waals surface area contributed by atoms with Crippen LogP contribution in [0.5, 0.6) is 11.5 Å². The number of nitrogens with zero attached hydrogens (tertiary/aromatic N) is 2. The number of amides is 2. The Morgan fingerprint density at radius 1 is 0.841 bits per heavy atom. The lowest BCUT2D eigenvalue weighted by Gasteiger charge is -2.33. The fraction of sp³-hybridized carbons (Fsp3) is 0.212. The molecule has 4 aromatic rings. The van der Waals surface area contributed by atoms with Crippen LogP contribution in [0.4, 0.5) is 10.1 Å². The van der Waals surface area contributed by atoms with E-state index in [1.165, 1.54) is 54.4 Å². The van der Waals surface area contributed by atoms with Crippen LogP contribution in [0, 0.1) is 5.82 Å². The molecule has 0 bridgehead atoms. The van der Waals surface area contributed by atoms with Gasteiger partial charge < -0.3 is 19.7 Å². The molecule has 1 aliphatic rings. The molecular formula is C33H32FN3O6S. The van der Waals surface area contributed by atoms with E-state index in [0.29, 0.717) is 30.3 Å². The van der Waals surface area contributed by atoms with E-state index in [1.807, 2.05) is 30.3 Å². The highest BCUT2D eigenvalue weighted by Crippen LogP contribution is 2.36. The summed E-state index contributed by atoms with van der Waals surface area (Å²) in [5, 5.41) is 2.64. The second kappa shape index (κ2) is 13.6. The molecule has 0 aromatic heterocycles. The number of ether oxygens (including phenoxy) is 2. The van der Waals surface area contributed by atoms with Gasteiger partial charge in [0, 0.05) is 26.1 Å². The van der Waals surface area contributed by atoms with Crippen molar-refractivity contribution in [1.29, 1.82) is 0 Å². The van der Waals surface area contributed by atoms with Crippen molar-refractivity contribution in [2.75, 3.05) is 31.1 Å². The summed E-state index contributed by atoms with van der Waals surface area (Å²) in [4.78, 5) is 29.0. The van der Waals surface area contributed by atoms with Crippen molar-refractivity contribution >= 4 is 27.5 Å². The van der Waals surface area contributed by atoms with Gasteiger partial charge in [-0.2, -0.15) is 0 Å². The normalized spacial score (nSPS) is 13.0. The summed E-state index contributed by atoms with van der Waals surface area (Å²) in [5.41, 5.74) is 1.56. The van der Waals surface area contributed by atoms with Gasteiger partial charge in [0.15, 0.2) is 11.5 Å². The Hall–Kier alpha value is -4.90. The highest BCUT2D eigenvalue weighted by atomic mass is 32.2. The first kappa shape index (κ1) is 30.6. The molecule has 2 amide bonds. The number of benzene rings is 4. The third-order valence-electron chi connectivity index (χ3n) is 7.21. The Morgan fingerprint density at radius 2 is 1.48 bits per heavy atom. The lowest BCUT2D eigenvalue weighted by molar-refractivity contribution is -0.139. The summed E-state index contributed by atoms with van der Waals surface area (Å²) in [6.07, 6.45) is 0.170. The first-order valence-electron chi connectivity index (χ1n) is 14.0. The molecule has 0 spiro atoms. The minimum Gasteiger partial charge on any atom is -0.486 e. The fourth-order valence-electron chi connectivity index (χ4n) is 4.94. The SMILES string of the molecule is CNC(=O)[C@H](Cc1ccccc1)N(Cc1ccc(F)cc1)C(=O)CN(c1ccc2c(c1)OCCO2)S(=O)(=O)c1ccccc1. The van der Waals surface area contributed by atoms with E-state index in [-0.39, 0.29) is 23.5 Å². The lowest BCUT2D eigenvalue weighted by Crippen LogP contribution is -2.53. The molecule has 5 rings (SSSR count). The standard InChI is InChI=1S/C33H32FN3O6S/c1-35-33(39)29(20-24-8-4-2-5-9-24)36(22-25-12-14-26(34)15-13-25)32(38)23-37(44(40,41)28-10-6-3-7-11-28)27-16-17-30-31(21-27)43-19-18-42-30/h2-17,21,29H,18-20,22-23H2,1H3,(H,35,39)/t29-/m0/s1. The van der Waals surface area contributed by atoms with E-state index in [0.717, 1.165) is 9.87 Å². The number of nitrogens with one attached hydrogen (secondary N) is 1. The summed E-state index contributed by atoms with van der Waals surface area (Å²) in [6.45, 7) is -0.0399. The molecule has 1 N–H and O–H groups in total. The average Bonchev–Trinajstić information content (AvgIpc) is 3.06. The summed E-state index contributed by atoms with van der Waals surface area (Å²) in [6, 6.07) is 26.2. The summed E-state index contributed by atoms with van der Waals surface area (Å²) < 4.78 is 54.2. The number of hydrogen-bond acceptors (Lipinski definition) is 6. The van der Waals surface area contributed by atoms with Crippen molar-refractivity contribution < 1.29 is 31.9 Å². The highest BCUT2D eigenvalue weighted by molar-refractivity contribution is 7.92. The van der Waals surface area contributed by atoms with Crippen molar-refractivity contribution in [3.05, 3.63) is 120 Å². The monoisotopic (exact) mass is 617 g/mol. The number of rotatable bonds is 11. The van der Waals surface area contributed by atoms with Gasteiger partial charge in [-0.25, -0.2) is 12.8 Å². The minimum atomic E-state index is -4.26. The predicted octanol–water partition coefficient (Wildman–Crippen LogP) is 4.18. The van der Waals surface area contributed by atoms with Gasteiger partial charge in [-0.1, -0.05) is 60.7 Å². The Bertz CT molecular complexity index is 1700. The number of carbonyl (C=O) groups is 2. The number of sulfonamides is 1. The molecule has 4 aromatic carbocycles. The van der Waals surface area contributed by atoms with Crippen LogP contribution in [0.1, 0.15) is 11.1 Å². The molecule has 11 heteroatoms. The number of hydrogen-bond donors (Lipinski definition) is 1. The Morgan fingerprint density at radius 3 is 2.14 bits per heavy atom. The van der Waals surface area contributed by atoms with Gasteiger partial charge in [0.25, 0.3) is 10.0 Å². The molecule has 228 valence electrons. The molecule has 0 unspecified atom stereocenters. The van der Waals surface area contributed by atoms with Crippen LogP contribution in [-0.4, -0.2) is 58.0 Å². The molecule has 0 saturated heterocycles. The van der Waals surface area contributed by atoms with Crippen molar-refractivity contribution in [3.8, 4) is 11.5 Å². The molecule has 1 aliphatic heterocycles. The average molecular weight is 618 g/mol. The van der Waals surface area contributed by atoms with E-state index in [1.54, 1.807) is 30.3 Å². The second-order valence-corrected chi connectivity index (χ2v) is 12.0. The largest absolute Gasteiger partial charge is 0.486 e. The van der Waals surface area contributed by atoms with Crippen LogP contribution in [0.2, 0.25) is 0 Å². The Kier molecular flexibility index (Phi) is 9.44. The maximum absolute atomic E-state index is 14.3. The van der Waals surface area contributed by atoms with Crippen molar-refractivity contribution in [2.45, 2.75) is 23.9 Å². The van der Waals surface area contributed by atoms with Crippen molar-refractivity contribution in [3.63, 3.8) is 0 Å². The number of fused-ring (bicyclic) bond motifs is 1. The summed E-state index contributed by atoms with van der Waals surface area (Å²) >= 11 is 0. The molecule has 9 nitrogen and oxygen atoms in total. The van der Waals surface area contributed by atoms with Crippen molar-refractivity contribution in [1.82, 2.24) is 10.2 Å². The van der Waals surface area contributed by atoms with Crippen molar-refractivity contribution in [2.24, 2.45) is 0 Å². The first-order valence-corrected chi connectivity index (χ1v) is 15.5. The Labute approximate surface area is 255 Å². The van der Waals surface area contributed by atoms with E-state index >= 15 is 0 Å². The molecule has 0 saturated carbocycles. The maximum Gasteiger partial charge on any atom is 0.264 e. The van der Waals surface area contributed by atoms with Gasteiger partial charge in [-0.05, 0) is 47.5 Å². The topological polar surface area (TPSA) is 105 Å². The van der Waals surface area contributed by atoms with Crippen LogP contribution >= 0.6 is 0 Å². The zero-order valence-corrected chi connectivity index (χ0v) is 24.9. The van der Waals surface area contributed by atoms with Crippen LogP contribution in [-0.2, 0) is 32.6 Å². The molecule has 44 heavy (non-hydrogen) atoms. The zero-order chi connectivity index (χ0) is 31.1. The van der Waals surface area contributed by atoms with Gasteiger partial charge >= 0.3 is 0 Å². The van der Waals surface area contributed by atoms with E-state index < -0.39 is 40.2 Å². The van der Waals surface area contributed by atoms with Crippen LogP contribution in [0.3, 0.4) is 0 Å². The third kappa shape index (κ3) is 7.00. The summed E-state index contributed by atoms with van der Waals surface area (Å²) in [5.74, 6) is -0.694. The van der Waals surface area contributed by atoms with Gasteiger partial charge in [-0.3, -0.25) is 13.9 Å². The molecule has 0 radical (unpaired) electrons. The van der Waals surface area contributed by atoms with Crippen LogP contribution in [0.25, 0.3) is 0 Å². The van der Waals surface area contributed by atoms with E-state index in [4.69, 9.17) is 9.47 Å². The van der Waals surface area contributed by atoms with E-state index in [2.05, 4.69) is 5.32 Å². The second-order valence-electron chi connectivity index (χ2n) is 10.1. The van der Waals surface area contributed by atoms with Gasteiger partial charge in [0.1, 0.15) is 31.6 Å². The van der Waals surface area contributed by atoms with Gasteiger partial charge in [0.05, 0.1) is 10.6 Å². The molecule has 0 aliphatic carbocycles. The number of carbonyl (C=O) groups excluding carboxylic acids is 2. The van der Waals surface area contributed by atoms with Gasteiger partial charge in [0.2, 0.25) is 11.8 Å². The quantitative estimate of drug-likeness (QED) is 0.271. The number of halogens is 1. The first-order chi connectivity index (χ1) is 21.3. The van der Waals surface area contributed by atoms with Gasteiger partial charge in [-0.15, -0.1) is 0 Å². The zero-order valence-electron chi connectivity index (χ0n) is 24.1. The smallest absolute Gasteiger partial charge is 0.264 e. The number of likely N-dealkylation sites (N-methyl/N-ethyl adjacent to an activating group) is 1. The van der Waals surface area contributed by atoms with Crippen LogP contribution in [0.15, 0.2) is 108 Å². The number of anilines is 1. The lowest BCUT2D eigenvalue weighted by atomic mass is 10.0. The fourth-order valence-corrected chi connectivity index (χ4v) is 6.37. The van der Waals surface area contributed by atoms with Crippen LogP contribution < -0.4 is 19.1 Å². The third-order valence-corrected chi connectivity index (χ3v) is 9.00. The molecule has 0 fully saturated rings. The van der Waals surface area contributed by atoms with E-state index in [9.17, 15) is 22.4 Å². The predicted molar refractivity (Wildman–Crippen MR) is 163 cm³/mol.